The van der Waals surface area contributed by atoms with Crippen LogP contribution < -0.4 is 14.2 Å². The lowest BCUT2D eigenvalue weighted by molar-refractivity contribution is 0.0639. The number of piperidine rings is 1. The minimum atomic E-state index is -0.174. The first-order chi connectivity index (χ1) is 14.8. The van der Waals surface area contributed by atoms with Crippen LogP contribution in [0, 0.1) is 11.7 Å². The van der Waals surface area contributed by atoms with Gasteiger partial charge in [0.15, 0.2) is 11.5 Å². The SMILES string of the molecule is Cl.Fc1ccc([C@H]2CCN(C3CCCCC3)C[C@@H]2COc2ccc3c(c2)OCO3)cc1. The van der Waals surface area contributed by atoms with E-state index in [4.69, 9.17) is 14.2 Å². The molecule has 31 heavy (non-hydrogen) atoms. The Labute approximate surface area is 190 Å². The average molecular weight is 448 g/mol. The lowest BCUT2D eigenvalue weighted by atomic mass is 9.79. The van der Waals surface area contributed by atoms with Gasteiger partial charge in [-0.15, -0.1) is 12.4 Å². The van der Waals surface area contributed by atoms with E-state index in [9.17, 15) is 4.39 Å². The number of hydrogen-bond donors (Lipinski definition) is 0. The van der Waals surface area contributed by atoms with Gasteiger partial charge in [-0.25, -0.2) is 4.39 Å². The van der Waals surface area contributed by atoms with Crippen molar-refractivity contribution in [1.29, 1.82) is 0 Å². The predicted molar refractivity (Wildman–Crippen MR) is 121 cm³/mol. The van der Waals surface area contributed by atoms with Crippen molar-refractivity contribution in [3.63, 3.8) is 0 Å². The van der Waals surface area contributed by atoms with Crippen LogP contribution in [0.25, 0.3) is 0 Å². The number of rotatable bonds is 5. The van der Waals surface area contributed by atoms with Gasteiger partial charge in [-0.05, 0) is 61.6 Å². The van der Waals surface area contributed by atoms with Crippen molar-refractivity contribution in [2.75, 3.05) is 26.5 Å². The average Bonchev–Trinajstić information content (AvgIpc) is 3.27. The second kappa shape index (κ2) is 10.1. The van der Waals surface area contributed by atoms with Crippen molar-refractivity contribution in [2.24, 2.45) is 5.92 Å². The monoisotopic (exact) mass is 447 g/mol. The van der Waals surface area contributed by atoms with Gasteiger partial charge in [-0.1, -0.05) is 31.4 Å². The molecule has 2 aromatic carbocycles. The maximum absolute atomic E-state index is 13.5. The highest BCUT2D eigenvalue weighted by atomic mass is 35.5. The van der Waals surface area contributed by atoms with Gasteiger partial charge in [-0.3, -0.25) is 4.90 Å². The van der Waals surface area contributed by atoms with E-state index < -0.39 is 0 Å². The van der Waals surface area contributed by atoms with Crippen LogP contribution in [0.5, 0.6) is 17.2 Å². The van der Waals surface area contributed by atoms with Crippen LogP contribution in [-0.2, 0) is 0 Å². The molecule has 6 heteroatoms. The van der Waals surface area contributed by atoms with Gasteiger partial charge < -0.3 is 14.2 Å². The van der Waals surface area contributed by atoms with E-state index in [-0.39, 0.29) is 25.0 Å². The lowest BCUT2D eigenvalue weighted by Gasteiger charge is -2.43. The zero-order valence-corrected chi connectivity index (χ0v) is 18.6. The van der Waals surface area contributed by atoms with E-state index in [1.165, 1.54) is 37.7 Å². The lowest BCUT2D eigenvalue weighted by Crippen LogP contribution is -2.47. The molecular formula is C25H31ClFNO3. The van der Waals surface area contributed by atoms with E-state index in [2.05, 4.69) is 4.90 Å². The number of fused-ring (bicyclic) bond motifs is 1. The van der Waals surface area contributed by atoms with Crippen molar-refractivity contribution in [2.45, 2.75) is 50.5 Å². The summed E-state index contributed by atoms with van der Waals surface area (Å²) >= 11 is 0. The maximum Gasteiger partial charge on any atom is 0.231 e. The highest BCUT2D eigenvalue weighted by molar-refractivity contribution is 5.85. The Balaban J connectivity index is 0.00000231. The summed E-state index contributed by atoms with van der Waals surface area (Å²) in [7, 11) is 0. The highest BCUT2D eigenvalue weighted by Crippen LogP contribution is 2.38. The smallest absolute Gasteiger partial charge is 0.231 e. The minimum Gasteiger partial charge on any atom is -0.493 e. The van der Waals surface area contributed by atoms with Gasteiger partial charge in [0, 0.05) is 24.6 Å². The quantitative estimate of drug-likeness (QED) is 0.580. The fraction of sp³-hybridized carbons (Fsp3) is 0.520. The number of likely N-dealkylation sites (tertiary alicyclic amines) is 1. The second-order valence-electron chi connectivity index (χ2n) is 8.82. The highest BCUT2D eigenvalue weighted by Gasteiger charge is 2.34. The van der Waals surface area contributed by atoms with Gasteiger partial charge in [0.2, 0.25) is 6.79 Å². The first-order valence-corrected chi connectivity index (χ1v) is 11.3. The van der Waals surface area contributed by atoms with Crippen molar-refractivity contribution < 1.29 is 18.6 Å². The van der Waals surface area contributed by atoms with Gasteiger partial charge >= 0.3 is 0 Å². The normalized spacial score (nSPS) is 23.9. The van der Waals surface area contributed by atoms with Gasteiger partial charge in [0.05, 0.1) is 6.61 Å². The van der Waals surface area contributed by atoms with Crippen LogP contribution in [0.3, 0.4) is 0 Å². The molecule has 0 radical (unpaired) electrons. The Hall–Kier alpha value is -1.98. The Morgan fingerprint density at radius 3 is 2.52 bits per heavy atom. The first-order valence-electron chi connectivity index (χ1n) is 11.3. The molecule has 1 saturated carbocycles. The molecule has 3 aliphatic rings. The van der Waals surface area contributed by atoms with Crippen molar-refractivity contribution in [3.05, 3.63) is 53.8 Å². The predicted octanol–water partition coefficient (Wildman–Crippen LogP) is 5.79. The molecule has 0 aromatic heterocycles. The standard InChI is InChI=1S/C25H30FNO3.ClH/c26-20-8-6-18(7-9-20)23-12-13-27(21-4-2-1-3-5-21)15-19(23)16-28-22-10-11-24-25(14-22)30-17-29-24;/h6-11,14,19,21,23H,1-5,12-13,15-17H2;1H/t19-,23-;/m1./s1. The number of ether oxygens (including phenoxy) is 3. The van der Waals surface area contributed by atoms with Crippen molar-refractivity contribution in [1.82, 2.24) is 4.90 Å². The van der Waals surface area contributed by atoms with Gasteiger partial charge in [0.1, 0.15) is 11.6 Å². The van der Waals surface area contributed by atoms with E-state index in [1.54, 1.807) is 12.1 Å². The van der Waals surface area contributed by atoms with Crippen molar-refractivity contribution in [3.8, 4) is 17.2 Å². The third-order valence-electron chi connectivity index (χ3n) is 6.96. The molecule has 0 spiro atoms. The Morgan fingerprint density at radius 2 is 1.71 bits per heavy atom. The number of hydrogen-bond acceptors (Lipinski definition) is 4. The van der Waals surface area contributed by atoms with Crippen molar-refractivity contribution >= 4 is 12.4 Å². The van der Waals surface area contributed by atoms with Gasteiger partial charge in [0.25, 0.3) is 0 Å². The summed E-state index contributed by atoms with van der Waals surface area (Å²) in [6.07, 6.45) is 7.80. The summed E-state index contributed by atoms with van der Waals surface area (Å²) in [5.41, 5.74) is 1.22. The van der Waals surface area contributed by atoms with E-state index in [1.807, 2.05) is 30.3 Å². The fourth-order valence-corrected chi connectivity index (χ4v) is 5.33. The molecule has 0 N–H and O–H groups in total. The summed E-state index contributed by atoms with van der Waals surface area (Å²) in [5.74, 6) is 2.91. The van der Waals surface area contributed by atoms with Crippen LogP contribution in [0.1, 0.15) is 50.0 Å². The first kappa shape index (κ1) is 22.2. The zero-order valence-electron chi connectivity index (χ0n) is 17.8. The minimum absolute atomic E-state index is 0. The topological polar surface area (TPSA) is 30.9 Å². The molecule has 5 rings (SSSR count). The van der Waals surface area contributed by atoms with E-state index in [0.717, 1.165) is 36.8 Å². The molecule has 0 amide bonds. The largest absolute Gasteiger partial charge is 0.493 e. The summed E-state index contributed by atoms with van der Waals surface area (Å²) in [4.78, 5) is 2.69. The summed E-state index contributed by atoms with van der Waals surface area (Å²) in [5, 5.41) is 0. The molecule has 1 aliphatic carbocycles. The number of halogens is 2. The fourth-order valence-electron chi connectivity index (χ4n) is 5.33. The maximum atomic E-state index is 13.5. The molecule has 2 atom stereocenters. The third-order valence-corrected chi connectivity index (χ3v) is 6.96. The number of nitrogens with zero attached hydrogens (tertiary/aromatic N) is 1. The van der Waals surface area contributed by atoms with Crippen LogP contribution >= 0.6 is 12.4 Å². The Bertz CT molecular complexity index is 856. The van der Waals surface area contributed by atoms with E-state index >= 15 is 0 Å². The molecule has 2 heterocycles. The summed E-state index contributed by atoms with van der Waals surface area (Å²) in [6, 6.07) is 13.5. The molecule has 1 saturated heterocycles. The molecule has 0 unspecified atom stereocenters. The molecular weight excluding hydrogens is 417 g/mol. The molecule has 2 aromatic rings. The Kier molecular flexibility index (Phi) is 7.24. The zero-order chi connectivity index (χ0) is 20.3. The molecule has 2 aliphatic heterocycles. The van der Waals surface area contributed by atoms with Crippen LogP contribution in [-0.4, -0.2) is 37.4 Å². The summed E-state index contributed by atoms with van der Waals surface area (Å²) in [6.45, 7) is 3.07. The molecule has 0 bridgehead atoms. The molecule has 168 valence electrons. The third kappa shape index (κ3) is 5.09. The molecule has 4 nitrogen and oxygen atoms in total. The summed E-state index contributed by atoms with van der Waals surface area (Å²) < 4.78 is 30.6. The second-order valence-corrected chi connectivity index (χ2v) is 8.82. The van der Waals surface area contributed by atoms with Crippen LogP contribution in [0.4, 0.5) is 4.39 Å². The van der Waals surface area contributed by atoms with E-state index in [0.29, 0.717) is 24.5 Å². The number of benzene rings is 2. The Morgan fingerprint density at radius 1 is 0.935 bits per heavy atom. The van der Waals surface area contributed by atoms with Crippen LogP contribution in [0.15, 0.2) is 42.5 Å². The van der Waals surface area contributed by atoms with Gasteiger partial charge in [-0.2, -0.15) is 0 Å². The van der Waals surface area contributed by atoms with Crippen LogP contribution in [0.2, 0.25) is 0 Å². The molecule has 2 fully saturated rings.